The lowest BCUT2D eigenvalue weighted by molar-refractivity contribution is 0.197. The predicted molar refractivity (Wildman–Crippen MR) is 196 cm³/mol. The maximum Gasteiger partial charge on any atom is 0.124 e. The Kier molecular flexibility index (Phi) is 11.2. The van der Waals surface area contributed by atoms with Crippen LogP contribution in [-0.4, -0.2) is 73.3 Å². The molecule has 8 heteroatoms. The summed E-state index contributed by atoms with van der Waals surface area (Å²) in [6, 6.07) is 38.0. The minimum Gasteiger partial charge on any atom is -0.491 e. The molecule has 0 saturated heterocycles. The highest BCUT2D eigenvalue weighted by Crippen LogP contribution is 2.52. The van der Waals surface area contributed by atoms with Crippen molar-refractivity contribution >= 4 is 21.5 Å². The van der Waals surface area contributed by atoms with Gasteiger partial charge in [0.25, 0.3) is 0 Å². The van der Waals surface area contributed by atoms with Crippen molar-refractivity contribution in [3.8, 4) is 34.1 Å². The van der Waals surface area contributed by atoms with Crippen LogP contribution in [0.25, 0.3) is 32.7 Å². The minimum absolute atomic E-state index is 0.0742. The molecule has 0 spiro atoms. The number of aliphatic hydroxyl groups excluding tert-OH is 4. The third kappa shape index (κ3) is 7.11. The zero-order valence-electron chi connectivity index (χ0n) is 28.0. The summed E-state index contributed by atoms with van der Waals surface area (Å²) in [6.45, 7) is 1.95. The predicted octanol–water partition coefficient (Wildman–Crippen LogP) is 6.50. The van der Waals surface area contributed by atoms with Crippen LogP contribution in [0.5, 0.6) is 23.0 Å². The van der Waals surface area contributed by atoms with Gasteiger partial charge in [-0.1, -0.05) is 78.9 Å². The van der Waals surface area contributed by atoms with Gasteiger partial charge in [0, 0.05) is 11.1 Å². The number of ether oxygens (including phenoxy) is 4. The maximum absolute atomic E-state index is 9.89. The van der Waals surface area contributed by atoms with Crippen molar-refractivity contribution in [3.05, 3.63) is 132 Å². The van der Waals surface area contributed by atoms with E-state index in [0.29, 0.717) is 23.0 Å². The molecule has 0 aliphatic carbocycles. The quantitative estimate of drug-likeness (QED) is 0.0861. The van der Waals surface area contributed by atoms with E-state index in [4.69, 9.17) is 18.9 Å². The van der Waals surface area contributed by atoms with Gasteiger partial charge in [0.2, 0.25) is 0 Å². The molecule has 6 aromatic rings. The van der Waals surface area contributed by atoms with Crippen LogP contribution in [0, 0.1) is 0 Å². The van der Waals surface area contributed by atoms with Crippen molar-refractivity contribution in [2.75, 3.05) is 52.9 Å². The molecule has 0 aliphatic heterocycles. The van der Waals surface area contributed by atoms with Crippen molar-refractivity contribution in [3.63, 3.8) is 0 Å². The molecule has 258 valence electrons. The zero-order chi connectivity index (χ0) is 34.9. The number of benzene rings is 6. The Morgan fingerprint density at radius 3 is 1.34 bits per heavy atom. The number of rotatable bonds is 16. The van der Waals surface area contributed by atoms with Gasteiger partial charge in [-0.3, -0.25) is 0 Å². The molecule has 0 aliphatic rings. The van der Waals surface area contributed by atoms with Crippen molar-refractivity contribution < 1.29 is 39.4 Å². The van der Waals surface area contributed by atoms with E-state index in [9.17, 15) is 20.4 Å². The second-order valence-electron chi connectivity index (χ2n) is 12.0. The highest BCUT2D eigenvalue weighted by atomic mass is 16.5. The summed E-state index contributed by atoms with van der Waals surface area (Å²) in [5.74, 6) is 2.31. The van der Waals surface area contributed by atoms with Gasteiger partial charge in [0.1, 0.15) is 49.4 Å². The third-order valence-electron chi connectivity index (χ3n) is 8.90. The van der Waals surface area contributed by atoms with E-state index in [2.05, 4.69) is 43.3 Å². The first kappa shape index (κ1) is 34.7. The standard InChI is InChI=1S/C42H42O8/c1-42(33-13-7-30(8-14-33)29-5-3-2-4-6-29,40-36-27-34(47-23-19-43)15-9-31(36)11-17-38(40)49-25-21-45)41-37-28-35(48-24-20-44)16-10-32(37)12-18-39(41)50-26-22-46/h2-18,27-28,43-46H,19-26H2,1H3. The molecule has 6 aromatic carbocycles. The average Bonchev–Trinajstić information content (AvgIpc) is 3.17. The first-order valence-corrected chi connectivity index (χ1v) is 16.8. The molecule has 4 N–H and O–H groups in total. The first-order valence-electron chi connectivity index (χ1n) is 16.8. The fourth-order valence-corrected chi connectivity index (χ4v) is 6.69. The number of hydrogen-bond acceptors (Lipinski definition) is 8. The Hall–Kier alpha value is -5.12. The molecule has 0 saturated carbocycles. The van der Waals surface area contributed by atoms with Crippen molar-refractivity contribution in [2.45, 2.75) is 12.3 Å². The van der Waals surface area contributed by atoms with Gasteiger partial charge in [-0.05, 0) is 81.6 Å². The Bertz CT molecular complexity index is 1910. The molecule has 0 radical (unpaired) electrons. The lowest BCUT2D eigenvalue weighted by Crippen LogP contribution is -2.28. The van der Waals surface area contributed by atoms with E-state index in [1.807, 2.05) is 78.9 Å². The smallest absolute Gasteiger partial charge is 0.124 e. The average molecular weight is 675 g/mol. The Balaban J connectivity index is 1.73. The van der Waals surface area contributed by atoms with E-state index < -0.39 is 5.41 Å². The summed E-state index contributed by atoms with van der Waals surface area (Å²) in [7, 11) is 0. The first-order chi connectivity index (χ1) is 24.5. The van der Waals surface area contributed by atoms with Gasteiger partial charge in [-0.25, -0.2) is 0 Å². The normalized spacial score (nSPS) is 11.5. The van der Waals surface area contributed by atoms with Crippen LogP contribution in [0.4, 0.5) is 0 Å². The summed E-state index contributed by atoms with van der Waals surface area (Å²) in [5, 5.41) is 42.4. The van der Waals surface area contributed by atoms with Crippen molar-refractivity contribution in [1.82, 2.24) is 0 Å². The van der Waals surface area contributed by atoms with Crippen molar-refractivity contribution in [2.24, 2.45) is 0 Å². The van der Waals surface area contributed by atoms with Crippen LogP contribution in [-0.2, 0) is 5.41 Å². The summed E-state index contributed by atoms with van der Waals surface area (Å²) in [5.41, 5.74) is 3.71. The molecule has 6 rings (SSSR count). The largest absolute Gasteiger partial charge is 0.491 e. The van der Waals surface area contributed by atoms with Crippen LogP contribution in [0.1, 0.15) is 23.6 Å². The number of fused-ring (bicyclic) bond motifs is 2. The lowest BCUT2D eigenvalue weighted by Gasteiger charge is -2.36. The highest BCUT2D eigenvalue weighted by Gasteiger charge is 2.40. The Morgan fingerprint density at radius 2 is 0.880 bits per heavy atom. The number of hydrogen-bond donors (Lipinski definition) is 4. The molecule has 0 unspecified atom stereocenters. The van der Waals surface area contributed by atoms with Gasteiger partial charge in [-0.2, -0.15) is 0 Å². The minimum atomic E-state index is -0.991. The summed E-state index contributed by atoms with van der Waals surface area (Å²) in [6.07, 6.45) is 0. The number of aliphatic hydroxyl groups is 4. The maximum atomic E-state index is 9.89. The van der Waals surface area contributed by atoms with Crippen LogP contribution >= 0.6 is 0 Å². The van der Waals surface area contributed by atoms with E-state index in [-0.39, 0.29) is 52.9 Å². The Morgan fingerprint density at radius 1 is 0.460 bits per heavy atom. The van der Waals surface area contributed by atoms with Crippen LogP contribution in [0.15, 0.2) is 115 Å². The molecule has 0 bridgehead atoms. The monoisotopic (exact) mass is 674 g/mol. The summed E-state index contributed by atoms with van der Waals surface area (Å²) >= 11 is 0. The molecule has 0 atom stereocenters. The summed E-state index contributed by atoms with van der Waals surface area (Å²) < 4.78 is 24.5. The van der Waals surface area contributed by atoms with E-state index in [1.165, 1.54) is 0 Å². The summed E-state index contributed by atoms with van der Waals surface area (Å²) in [4.78, 5) is 0. The van der Waals surface area contributed by atoms with Gasteiger partial charge < -0.3 is 39.4 Å². The fourth-order valence-electron chi connectivity index (χ4n) is 6.69. The molecule has 50 heavy (non-hydrogen) atoms. The molecule has 0 aromatic heterocycles. The molecule has 8 nitrogen and oxygen atoms in total. The second-order valence-corrected chi connectivity index (χ2v) is 12.0. The van der Waals surface area contributed by atoms with Gasteiger partial charge >= 0.3 is 0 Å². The molecule has 0 heterocycles. The molecular weight excluding hydrogens is 632 g/mol. The van der Waals surface area contributed by atoms with E-state index in [1.54, 1.807) is 0 Å². The van der Waals surface area contributed by atoms with Crippen molar-refractivity contribution in [1.29, 1.82) is 0 Å². The molecule has 0 fully saturated rings. The van der Waals surface area contributed by atoms with Gasteiger partial charge in [0.15, 0.2) is 0 Å². The zero-order valence-corrected chi connectivity index (χ0v) is 28.0. The molecule has 0 amide bonds. The van der Waals surface area contributed by atoms with E-state index >= 15 is 0 Å². The van der Waals surface area contributed by atoms with E-state index in [0.717, 1.165) is 49.4 Å². The highest BCUT2D eigenvalue weighted by molar-refractivity contribution is 5.96. The second kappa shape index (κ2) is 16.1. The molecular formula is C42H42O8. The fraction of sp³-hybridized carbons (Fsp3) is 0.238. The SMILES string of the molecule is CC(c1ccc(-c2ccccc2)cc1)(c1c(OCCO)ccc2ccc(OCCO)cc12)c1c(OCCO)ccc2ccc(OCCO)cc12. The lowest BCUT2D eigenvalue weighted by atomic mass is 9.67. The van der Waals surface area contributed by atoms with Crippen LogP contribution < -0.4 is 18.9 Å². The third-order valence-corrected chi connectivity index (χ3v) is 8.90. The Labute approximate surface area is 291 Å². The van der Waals surface area contributed by atoms with Crippen LogP contribution in [0.3, 0.4) is 0 Å². The van der Waals surface area contributed by atoms with Crippen LogP contribution in [0.2, 0.25) is 0 Å². The topological polar surface area (TPSA) is 118 Å². The van der Waals surface area contributed by atoms with Gasteiger partial charge in [0.05, 0.1) is 31.8 Å². The van der Waals surface area contributed by atoms with Gasteiger partial charge in [-0.15, -0.1) is 0 Å².